The van der Waals surface area contributed by atoms with Gasteiger partial charge in [0.05, 0.1) is 18.1 Å². The van der Waals surface area contributed by atoms with Crippen LogP contribution in [-0.2, 0) is 28.7 Å². The summed E-state index contributed by atoms with van der Waals surface area (Å²) in [6, 6.07) is 13.2. The first kappa shape index (κ1) is 18.3. The Bertz CT molecular complexity index is 774. The standard InChI is InChI=1S/C20H20F3NO2/c1-2-26-19(25)16-10-15-8-9-17(20(21,22)23)11-18(15)24(13-16)12-14-6-4-3-5-7-14/h3-9,11,16H,2,10,12-13H2,1H3. The lowest BCUT2D eigenvalue weighted by atomic mass is 9.91. The van der Waals surface area contributed by atoms with Gasteiger partial charge in [-0.3, -0.25) is 4.79 Å². The van der Waals surface area contributed by atoms with Gasteiger partial charge in [0, 0.05) is 18.8 Å². The second-order valence-electron chi connectivity index (χ2n) is 6.36. The van der Waals surface area contributed by atoms with Gasteiger partial charge in [-0.1, -0.05) is 36.4 Å². The Morgan fingerprint density at radius 1 is 1.19 bits per heavy atom. The quantitative estimate of drug-likeness (QED) is 0.752. The van der Waals surface area contributed by atoms with E-state index in [4.69, 9.17) is 4.74 Å². The van der Waals surface area contributed by atoms with Gasteiger partial charge in [0.25, 0.3) is 0 Å². The molecule has 1 aliphatic heterocycles. The van der Waals surface area contributed by atoms with Crippen LogP contribution in [0.25, 0.3) is 0 Å². The minimum absolute atomic E-state index is 0.286. The van der Waals surface area contributed by atoms with E-state index in [2.05, 4.69) is 0 Å². The topological polar surface area (TPSA) is 29.5 Å². The molecule has 0 saturated heterocycles. The minimum atomic E-state index is -4.40. The van der Waals surface area contributed by atoms with Crippen LogP contribution in [0.5, 0.6) is 0 Å². The Labute approximate surface area is 150 Å². The zero-order valence-electron chi connectivity index (χ0n) is 14.4. The lowest BCUT2D eigenvalue weighted by Gasteiger charge is -2.35. The lowest BCUT2D eigenvalue weighted by molar-refractivity contribution is -0.147. The van der Waals surface area contributed by atoms with E-state index >= 15 is 0 Å². The molecule has 1 unspecified atom stereocenters. The van der Waals surface area contributed by atoms with Gasteiger partial charge in [-0.25, -0.2) is 0 Å². The average molecular weight is 363 g/mol. The van der Waals surface area contributed by atoms with E-state index < -0.39 is 11.7 Å². The number of hydrogen-bond acceptors (Lipinski definition) is 3. The van der Waals surface area contributed by atoms with Crippen molar-refractivity contribution in [2.45, 2.75) is 26.1 Å². The van der Waals surface area contributed by atoms with Crippen molar-refractivity contribution in [3.63, 3.8) is 0 Å². The van der Waals surface area contributed by atoms with E-state index in [-0.39, 0.29) is 18.5 Å². The molecule has 0 amide bonds. The highest BCUT2D eigenvalue weighted by Crippen LogP contribution is 2.37. The van der Waals surface area contributed by atoms with Crippen molar-refractivity contribution in [1.82, 2.24) is 0 Å². The van der Waals surface area contributed by atoms with Crippen LogP contribution in [0.15, 0.2) is 48.5 Å². The summed E-state index contributed by atoms with van der Waals surface area (Å²) < 4.78 is 44.5. The van der Waals surface area contributed by atoms with Gasteiger partial charge in [-0.05, 0) is 36.6 Å². The summed E-state index contributed by atoms with van der Waals surface area (Å²) in [4.78, 5) is 14.0. The summed E-state index contributed by atoms with van der Waals surface area (Å²) in [6.45, 7) is 2.80. The van der Waals surface area contributed by atoms with Crippen molar-refractivity contribution in [3.8, 4) is 0 Å². The molecule has 0 fully saturated rings. The number of hydrogen-bond donors (Lipinski definition) is 0. The van der Waals surface area contributed by atoms with Crippen LogP contribution in [-0.4, -0.2) is 19.1 Å². The molecule has 1 aliphatic rings. The number of alkyl halides is 3. The third-order valence-corrected chi connectivity index (χ3v) is 4.50. The van der Waals surface area contributed by atoms with Crippen LogP contribution >= 0.6 is 0 Å². The number of rotatable bonds is 4. The zero-order chi connectivity index (χ0) is 18.7. The summed E-state index contributed by atoms with van der Waals surface area (Å²) in [6.07, 6.45) is -4.01. The first-order valence-corrected chi connectivity index (χ1v) is 8.54. The number of carbonyl (C=O) groups is 1. The van der Waals surface area contributed by atoms with Crippen LogP contribution in [0.3, 0.4) is 0 Å². The van der Waals surface area contributed by atoms with Crippen LogP contribution in [0.4, 0.5) is 18.9 Å². The average Bonchev–Trinajstić information content (AvgIpc) is 2.61. The fourth-order valence-electron chi connectivity index (χ4n) is 3.27. The fraction of sp³-hybridized carbons (Fsp3) is 0.350. The summed E-state index contributed by atoms with van der Waals surface area (Å²) in [5.74, 6) is -0.695. The number of carbonyl (C=O) groups excluding carboxylic acids is 1. The molecule has 138 valence electrons. The van der Waals surface area contributed by atoms with Gasteiger partial charge >= 0.3 is 12.1 Å². The molecule has 0 spiro atoms. The largest absolute Gasteiger partial charge is 0.466 e. The van der Waals surface area contributed by atoms with E-state index in [0.29, 0.717) is 25.2 Å². The Kier molecular flexibility index (Phi) is 5.20. The number of esters is 1. The molecular weight excluding hydrogens is 343 g/mol. The fourth-order valence-corrected chi connectivity index (χ4v) is 3.27. The maximum atomic E-state index is 13.1. The van der Waals surface area contributed by atoms with Gasteiger partial charge in [-0.2, -0.15) is 13.2 Å². The molecule has 2 aromatic carbocycles. The second kappa shape index (κ2) is 7.40. The molecule has 0 aromatic heterocycles. The van der Waals surface area contributed by atoms with E-state index in [1.807, 2.05) is 35.2 Å². The number of fused-ring (bicyclic) bond motifs is 1. The smallest absolute Gasteiger partial charge is 0.416 e. The van der Waals surface area contributed by atoms with E-state index in [9.17, 15) is 18.0 Å². The predicted octanol–water partition coefficient (Wildman–Crippen LogP) is 4.45. The molecule has 6 heteroatoms. The highest BCUT2D eigenvalue weighted by molar-refractivity contribution is 5.76. The Morgan fingerprint density at radius 2 is 1.92 bits per heavy atom. The number of nitrogens with zero attached hydrogens (tertiary/aromatic N) is 1. The first-order valence-electron chi connectivity index (χ1n) is 8.54. The van der Waals surface area contributed by atoms with Crippen molar-refractivity contribution in [2.24, 2.45) is 5.92 Å². The Hall–Kier alpha value is -2.50. The molecule has 0 radical (unpaired) electrons. The third kappa shape index (κ3) is 4.00. The normalized spacial score (nSPS) is 16.9. The Balaban J connectivity index is 1.96. The van der Waals surface area contributed by atoms with Crippen molar-refractivity contribution >= 4 is 11.7 Å². The number of halogens is 3. The molecule has 0 aliphatic carbocycles. The maximum Gasteiger partial charge on any atom is 0.416 e. The van der Waals surface area contributed by atoms with Crippen molar-refractivity contribution in [2.75, 3.05) is 18.1 Å². The molecule has 0 saturated carbocycles. The monoisotopic (exact) mass is 363 g/mol. The SMILES string of the molecule is CCOC(=O)C1Cc2ccc(C(F)(F)F)cc2N(Cc2ccccc2)C1. The molecule has 1 heterocycles. The van der Waals surface area contributed by atoms with Crippen molar-refractivity contribution in [3.05, 3.63) is 65.2 Å². The molecule has 1 atom stereocenters. The molecule has 0 N–H and O–H groups in total. The molecule has 3 nitrogen and oxygen atoms in total. The number of ether oxygens (including phenoxy) is 1. The zero-order valence-corrected chi connectivity index (χ0v) is 14.4. The van der Waals surface area contributed by atoms with Gasteiger partial charge in [0.1, 0.15) is 0 Å². The highest BCUT2D eigenvalue weighted by atomic mass is 19.4. The van der Waals surface area contributed by atoms with Crippen LogP contribution in [0.2, 0.25) is 0 Å². The molecule has 26 heavy (non-hydrogen) atoms. The van der Waals surface area contributed by atoms with E-state index in [0.717, 1.165) is 17.2 Å². The summed E-state index contributed by atoms with van der Waals surface area (Å²) in [7, 11) is 0. The maximum absolute atomic E-state index is 13.1. The lowest BCUT2D eigenvalue weighted by Crippen LogP contribution is -2.39. The van der Waals surface area contributed by atoms with Gasteiger partial charge in [-0.15, -0.1) is 0 Å². The van der Waals surface area contributed by atoms with E-state index in [1.165, 1.54) is 12.1 Å². The highest BCUT2D eigenvalue weighted by Gasteiger charge is 2.35. The predicted molar refractivity (Wildman–Crippen MR) is 92.8 cm³/mol. The van der Waals surface area contributed by atoms with E-state index in [1.54, 1.807) is 6.92 Å². The second-order valence-corrected chi connectivity index (χ2v) is 6.36. The summed E-state index contributed by atoms with van der Waals surface area (Å²) >= 11 is 0. The van der Waals surface area contributed by atoms with Gasteiger partial charge in [0.15, 0.2) is 0 Å². The van der Waals surface area contributed by atoms with Crippen molar-refractivity contribution in [1.29, 1.82) is 0 Å². The summed E-state index contributed by atoms with van der Waals surface area (Å²) in [5, 5.41) is 0. The number of anilines is 1. The first-order chi connectivity index (χ1) is 12.4. The third-order valence-electron chi connectivity index (χ3n) is 4.50. The molecule has 0 bridgehead atoms. The molecule has 3 rings (SSSR count). The van der Waals surface area contributed by atoms with Gasteiger partial charge in [0.2, 0.25) is 0 Å². The molecular formula is C20H20F3NO2. The van der Waals surface area contributed by atoms with Crippen molar-refractivity contribution < 1.29 is 22.7 Å². The van der Waals surface area contributed by atoms with Gasteiger partial charge < -0.3 is 9.64 Å². The molecule has 2 aromatic rings. The summed E-state index contributed by atoms with van der Waals surface area (Å²) in [5.41, 5.74) is 1.56. The van der Waals surface area contributed by atoms with Crippen LogP contribution in [0, 0.1) is 5.92 Å². The number of benzene rings is 2. The van der Waals surface area contributed by atoms with Crippen LogP contribution < -0.4 is 4.90 Å². The minimum Gasteiger partial charge on any atom is -0.466 e. The Morgan fingerprint density at radius 3 is 2.58 bits per heavy atom. The van der Waals surface area contributed by atoms with Crippen LogP contribution in [0.1, 0.15) is 23.6 Å².